The fraction of sp³-hybridized carbons (Fsp3) is 0.0714. The molecule has 0 radical (unpaired) electrons. The molecule has 0 spiro atoms. The Balaban J connectivity index is 2.01. The van der Waals surface area contributed by atoms with Crippen LogP contribution in [0.1, 0.15) is 5.56 Å². The maximum atomic E-state index is 11.9. The minimum atomic E-state index is -0.0610. The van der Waals surface area contributed by atoms with Crippen LogP contribution in [-0.4, -0.2) is 5.91 Å². The Labute approximate surface area is 120 Å². The number of carbonyl (C=O) groups excluding carboxylic acids is 1. The molecular formula is C14H13IN2O. The lowest BCUT2D eigenvalue weighted by atomic mass is 10.1. The first-order valence-corrected chi connectivity index (χ1v) is 6.62. The van der Waals surface area contributed by atoms with E-state index in [-0.39, 0.29) is 5.91 Å². The van der Waals surface area contributed by atoms with E-state index in [2.05, 4.69) is 27.9 Å². The quantitative estimate of drug-likeness (QED) is 0.659. The average Bonchev–Trinajstić information content (AvgIpc) is 2.35. The van der Waals surface area contributed by atoms with Crippen LogP contribution in [0.25, 0.3) is 0 Å². The van der Waals surface area contributed by atoms with Crippen LogP contribution in [0.2, 0.25) is 0 Å². The third-order valence-corrected chi connectivity index (χ3v) is 3.23. The Hall–Kier alpha value is -1.56. The number of para-hydroxylation sites is 2. The Morgan fingerprint density at radius 2 is 1.78 bits per heavy atom. The van der Waals surface area contributed by atoms with Crippen molar-refractivity contribution in [3.8, 4) is 0 Å². The molecule has 2 aromatic rings. The van der Waals surface area contributed by atoms with E-state index >= 15 is 0 Å². The molecule has 2 aromatic carbocycles. The molecule has 1 amide bonds. The summed E-state index contributed by atoms with van der Waals surface area (Å²) in [6.45, 7) is 0. The van der Waals surface area contributed by atoms with Crippen molar-refractivity contribution in [2.45, 2.75) is 6.42 Å². The zero-order valence-electron chi connectivity index (χ0n) is 9.69. The molecule has 3 N–H and O–H groups in total. The standard InChI is InChI=1S/C14H13IN2O/c15-11-7-5-10(6-8-11)9-14(18)17-13-4-2-1-3-12(13)16/h1-8H,9,16H2,(H,17,18). The minimum absolute atomic E-state index is 0.0610. The van der Waals surface area contributed by atoms with Crippen molar-refractivity contribution in [1.29, 1.82) is 0 Å². The van der Waals surface area contributed by atoms with Gasteiger partial charge in [-0.3, -0.25) is 4.79 Å². The number of nitrogens with one attached hydrogen (secondary N) is 1. The van der Waals surface area contributed by atoms with Crippen LogP contribution < -0.4 is 11.1 Å². The third kappa shape index (κ3) is 3.46. The third-order valence-electron chi connectivity index (χ3n) is 2.51. The van der Waals surface area contributed by atoms with Crippen molar-refractivity contribution in [2.75, 3.05) is 11.1 Å². The summed E-state index contributed by atoms with van der Waals surface area (Å²) >= 11 is 2.24. The number of hydrogen-bond donors (Lipinski definition) is 2. The van der Waals surface area contributed by atoms with E-state index in [0.717, 1.165) is 9.13 Å². The monoisotopic (exact) mass is 352 g/mol. The Morgan fingerprint density at radius 1 is 1.11 bits per heavy atom. The lowest BCUT2D eigenvalue weighted by Gasteiger charge is -2.07. The number of carbonyl (C=O) groups is 1. The molecule has 2 rings (SSSR count). The summed E-state index contributed by atoms with van der Waals surface area (Å²) < 4.78 is 1.16. The zero-order valence-corrected chi connectivity index (χ0v) is 11.8. The van der Waals surface area contributed by atoms with E-state index in [1.165, 1.54) is 0 Å². The van der Waals surface area contributed by atoms with Crippen molar-refractivity contribution in [2.24, 2.45) is 0 Å². The number of rotatable bonds is 3. The SMILES string of the molecule is Nc1ccccc1NC(=O)Cc1ccc(I)cc1. The maximum absolute atomic E-state index is 11.9. The van der Waals surface area contributed by atoms with Crippen molar-refractivity contribution in [3.05, 3.63) is 57.7 Å². The van der Waals surface area contributed by atoms with Crippen molar-refractivity contribution >= 4 is 39.9 Å². The fourth-order valence-corrected chi connectivity index (χ4v) is 1.95. The normalized spacial score (nSPS) is 10.1. The second-order valence-corrected chi connectivity index (χ2v) is 5.18. The largest absolute Gasteiger partial charge is 0.397 e. The van der Waals surface area contributed by atoms with E-state index in [1.54, 1.807) is 12.1 Å². The van der Waals surface area contributed by atoms with Gasteiger partial charge in [-0.15, -0.1) is 0 Å². The lowest BCUT2D eigenvalue weighted by Crippen LogP contribution is -2.15. The van der Waals surface area contributed by atoms with Gasteiger partial charge in [-0.2, -0.15) is 0 Å². The van der Waals surface area contributed by atoms with Gasteiger partial charge in [0, 0.05) is 3.57 Å². The molecule has 4 heteroatoms. The van der Waals surface area contributed by atoms with Gasteiger partial charge in [-0.05, 0) is 52.4 Å². The second-order valence-electron chi connectivity index (χ2n) is 3.94. The highest BCUT2D eigenvalue weighted by molar-refractivity contribution is 14.1. The molecule has 0 saturated heterocycles. The second kappa shape index (κ2) is 5.86. The van der Waals surface area contributed by atoms with Crippen LogP contribution in [-0.2, 0) is 11.2 Å². The van der Waals surface area contributed by atoms with Crippen LogP contribution in [0.3, 0.4) is 0 Å². The van der Waals surface area contributed by atoms with Crippen LogP contribution in [0.15, 0.2) is 48.5 Å². The number of anilines is 2. The van der Waals surface area contributed by atoms with Crippen LogP contribution in [0, 0.1) is 3.57 Å². The molecule has 0 atom stereocenters. The first kappa shape index (κ1) is 12.9. The average molecular weight is 352 g/mol. The summed E-state index contributed by atoms with van der Waals surface area (Å²) in [5.74, 6) is -0.0610. The molecule has 3 nitrogen and oxygen atoms in total. The van der Waals surface area contributed by atoms with E-state index in [1.807, 2.05) is 36.4 Å². The van der Waals surface area contributed by atoms with Crippen molar-refractivity contribution in [3.63, 3.8) is 0 Å². The van der Waals surface area contributed by atoms with Gasteiger partial charge in [0.1, 0.15) is 0 Å². The number of hydrogen-bond acceptors (Lipinski definition) is 2. The van der Waals surface area contributed by atoms with E-state index in [9.17, 15) is 4.79 Å². The molecule has 92 valence electrons. The Morgan fingerprint density at radius 3 is 2.44 bits per heavy atom. The summed E-state index contributed by atoms with van der Waals surface area (Å²) in [6, 6.07) is 15.1. The first-order valence-electron chi connectivity index (χ1n) is 5.54. The Kier molecular flexibility index (Phi) is 4.19. The van der Waals surface area contributed by atoms with Crippen LogP contribution >= 0.6 is 22.6 Å². The Bertz CT molecular complexity index is 552. The molecule has 0 unspecified atom stereocenters. The summed E-state index contributed by atoms with van der Waals surface area (Å²) in [5, 5.41) is 2.81. The summed E-state index contributed by atoms with van der Waals surface area (Å²) in [6.07, 6.45) is 0.352. The molecular weight excluding hydrogens is 339 g/mol. The topological polar surface area (TPSA) is 55.1 Å². The van der Waals surface area contributed by atoms with Crippen molar-refractivity contribution in [1.82, 2.24) is 0 Å². The fourth-order valence-electron chi connectivity index (χ4n) is 1.59. The molecule has 0 fully saturated rings. The summed E-state index contributed by atoms with van der Waals surface area (Å²) in [4.78, 5) is 11.9. The van der Waals surface area contributed by atoms with Gasteiger partial charge >= 0.3 is 0 Å². The van der Waals surface area contributed by atoms with Gasteiger partial charge < -0.3 is 11.1 Å². The molecule has 0 aliphatic rings. The maximum Gasteiger partial charge on any atom is 0.228 e. The van der Waals surface area contributed by atoms with Crippen molar-refractivity contribution < 1.29 is 4.79 Å². The van der Waals surface area contributed by atoms with Crippen LogP contribution in [0.4, 0.5) is 11.4 Å². The van der Waals surface area contributed by atoms with Crippen LogP contribution in [0.5, 0.6) is 0 Å². The number of benzene rings is 2. The minimum Gasteiger partial charge on any atom is -0.397 e. The molecule has 0 aliphatic carbocycles. The smallest absolute Gasteiger partial charge is 0.228 e. The highest BCUT2D eigenvalue weighted by atomic mass is 127. The highest BCUT2D eigenvalue weighted by Gasteiger charge is 2.05. The lowest BCUT2D eigenvalue weighted by molar-refractivity contribution is -0.115. The van der Waals surface area contributed by atoms with Gasteiger partial charge in [0.25, 0.3) is 0 Å². The zero-order chi connectivity index (χ0) is 13.0. The van der Waals surface area contributed by atoms with Gasteiger partial charge in [-0.25, -0.2) is 0 Å². The van der Waals surface area contributed by atoms with Gasteiger partial charge in [0.2, 0.25) is 5.91 Å². The number of halogens is 1. The predicted molar refractivity (Wildman–Crippen MR) is 82.3 cm³/mol. The summed E-state index contributed by atoms with van der Waals surface area (Å²) in [7, 11) is 0. The van der Waals surface area contributed by atoms with Gasteiger partial charge in [0.05, 0.1) is 17.8 Å². The molecule has 0 bridgehead atoms. The molecule has 0 saturated carbocycles. The predicted octanol–water partition coefficient (Wildman–Crippen LogP) is 3.05. The van der Waals surface area contributed by atoms with E-state index < -0.39 is 0 Å². The summed E-state index contributed by atoms with van der Waals surface area (Å²) in [5.41, 5.74) is 7.99. The van der Waals surface area contributed by atoms with E-state index in [0.29, 0.717) is 17.8 Å². The molecule has 0 aliphatic heterocycles. The number of amides is 1. The van der Waals surface area contributed by atoms with E-state index in [4.69, 9.17) is 5.73 Å². The van der Waals surface area contributed by atoms with Gasteiger partial charge in [-0.1, -0.05) is 24.3 Å². The first-order chi connectivity index (χ1) is 8.65. The number of nitrogens with two attached hydrogens (primary N) is 1. The molecule has 0 heterocycles. The number of nitrogen functional groups attached to an aromatic ring is 1. The highest BCUT2D eigenvalue weighted by Crippen LogP contribution is 2.17. The molecule has 0 aromatic heterocycles. The van der Waals surface area contributed by atoms with Gasteiger partial charge in [0.15, 0.2) is 0 Å². The molecule has 18 heavy (non-hydrogen) atoms.